The first-order valence-corrected chi connectivity index (χ1v) is 6.40. The molecule has 0 aromatic heterocycles. The van der Waals surface area contributed by atoms with Crippen molar-refractivity contribution in [2.75, 3.05) is 23.7 Å². The van der Waals surface area contributed by atoms with Gasteiger partial charge in [-0.05, 0) is 42.9 Å². The third-order valence-corrected chi connectivity index (χ3v) is 4.27. The third-order valence-electron chi connectivity index (χ3n) is 4.27. The molecular weight excluding hydrogens is 215 g/mol. The summed E-state index contributed by atoms with van der Waals surface area (Å²) < 4.78 is 13.0. The number of hydrogen-bond acceptors (Lipinski definition) is 2. The highest BCUT2D eigenvalue weighted by molar-refractivity contribution is 5.68. The summed E-state index contributed by atoms with van der Waals surface area (Å²) in [5.74, 6) is -0.261. The highest BCUT2D eigenvalue weighted by Gasteiger charge is 2.35. The van der Waals surface area contributed by atoms with E-state index in [1.807, 2.05) is 0 Å². The van der Waals surface area contributed by atoms with Crippen molar-refractivity contribution in [3.8, 4) is 0 Å². The second-order valence-corrected chi connectivity index (χ2v) is 5.08. The first-order chi connectivity index (χ1) is 8.10. The molecule has 1 aliphatic rings. The van der Waals surface area contributed by atoms with Crippen LogP contribution >= 0.6 is 0 Å². The molecule has 0 unspecified atom stereocenters. The van der Waals surface area contributed by atoms with Crippen LogP contribution in [0.15, 0.2) is 18.2 Å². The Morgan fingerprint density at radius 1 is 1.35 bits per heavy atom. The molecular formula is C14H21FN2. The van der Waals surface area contributed by atoms with Gasteiger partial charge in [-0.1, -0.05) is 13.8 Å². The fraction of sp³-hybridized carbons (Fsp3) is 0.571. The summed E-state index contributed by atoms with van der Waals surface area (Å²) in [5.41, 5.74) is 7.84. The van der Waals surface area contributed by atoms with Gasteiger partial charge in [-0.25, -0.2) is 4.39 Å². The van der Waals surface area contributed by atoms with Crippen LogP contribution in [0.25, 0.3) is 0 Å². The molecule has 0 aliphatic carbocycles. The lowest BCUT2D eigenvalue weighted by Crippen LogP contribution is -2.26. The smallest absolute Gasteiger partial charge is 0.125 e. The van der Waals surface area contributed by atoms with Gasteiger partial charge in [0.1, 0.15) is 5.82 Å². The molecule has 17 heavy (non-hydrogen) atoms. The van der Waals surface area contributed by atoms with Gasteiger partial charge < -0.3 is 10.6 Å². The Labute approximate surface area is 103 Å². The molecule has 1 aromatic rings. The average molecular weight is 236 g/mol. The van der Waals surface area contributed by atoms with Gasteiger partial charge in [0, 0.05) is 13.1 Å². The van der Waals surface area contributed by atoms with Crippen molar-refractivity contribution in [1.29, 1.82) is 0 Å². The molecule has 2 nitrogen and oxygen atoms in total. The largest absolute Gasteiger partial charge is 0.397 e. The summed E-state index contributed by atoms with van der Waals surface area (Å²) in [5, 5.41) is 0. The Hall–Kier alpha value is -1.25. The van der Waals surface area contributed by atoms with Crippen molar-refractivity contribution in [3.63, 3.8) is 0 Å². The van der Waals surface area contributed by atoms with E-state index in [1.54, 1.807) is 6.07 Å². The van der Waals surface area contributed by atoms with E-state index in [1.165, 1.54) is 31.4 Å². The monoisotopic (exact) mass is 236 g/mol. The molecule has 0 bridgehead atoms. The van der Waals surface area contributed by atoms with Crippen molar-refractivity contribution in [3.05, 3.63) is 24.0 Å². The summed E-state index contributed by atoms with van der Waals surface area (Å²) in [6.07, 6.45) is 3.60. The van der Waals surface area contributed by atoms with Gasteiger partial charge in [0.05, 0.1) is 11.4 Å². The van der Waals surface area contributed by atoms with Crippen LogP contribution in [0.2, 0.25) is 0 Å². The summed E-state index contributed by atoms with van der Waals surface area (Å²) in [4.78, 5) is 2.29. The van der Waals surface area contributed by atoms with E-state index in [-0.39, 0.29) is 5.82 Å². The van der Waals surface area contributed by atoms with Gasteiger partial charge in [0.2, 0.25) is 0 Å². The lowest BCUT2D eigenvalue weighted by molar-refractivity contribution is 0.301. The molecule has 3 heteroatoms. The summed E-state index contributed by atoms with van der Waals surface area (Å²) in [7, 11) is 0. The molecule has 1 saturated heterocycles. The van der Waals surface area contributed by atoms with E-state index in [0.29, 0.717) is 11.1 Å². The van der Waals surface area contributed by atoms with E-state index < -0.39 is 0 Å². The van der Waals surface area contributed by atoms with E-state index in [0.717, 1.165) is 18.8 Å². The zero-order valence-corrected chi connectivity index (χ0v) is 10.7. The minimum atomic E-state index is -0.261. The number of anilines is 2. The molecule has 2 N–H and O–H groups in total. The van der Waals surface area contributed by atoms with Gasteiger partial charge in [-0.2, -0.15) is 0 Å². The fourth-order valence-electron chi connectivity index (χ4n) is 2.78. The van der Waals surface area contributed by atoms with Crippen LogP contribution in [0, 0.1) is 11.2 Å². The number of hydrogen-bond donors (Lipinski definition) is 1. The maximum Gasteiger partial charge on any atom is 0.125 e. The molecule has 94 valence electrons. The molecule has 0 saturated carbocycles. The number of nitrogens with two attached hydrogens (primary N) is 1. The lowest BCUT2D eigenvalue weighted by Gasteiger charge is -2.27. The van der Waals surface area contributed by atoms with Crippen LogP contribution in [-0.4, -0.2) is 13.1 Å². The average Bonchev–Trinajstić information content (AvgIpc) is 2.74. The number of halogens is 1. The Kier molecular flexibility index (Phi) is 3.27. The highest BCUT2D eigenvalue weighted by atomic mass is 19.1. The third kappa shape index (κ3) is 2.24. The predicted molar refractivity (Wildman–Crippen MR) is 70.7 cm³/mol. The molecule has 0 atom stereocenters. The van der Waals surface area contributed by atoms with E-state index in [9.17, 15) is 4.39 Å². The van der Waals surface area contributed by atoms with Gasteiger partial charge in [0.25, 0.3) is 0 Å². The van der Waals surface area contributed by atoms with Crippen molar-refractivity contribution in [1.82, 2.24) is 0 Å². The van der Waals surface area contributed by atoms with E-state index in [4.69, 9.17) is 5.73 Å². The topological polar surface area (TPSA) is 29.3 Å². The van der Waals surface area contributed by atoms with Crippen LogP contribution in [0.5, 0.6) is 0 Å². The summed E-state index contributed by atoms with van der Waals surface area (Å²) >= 11 is 0. The zero-order chi connectivity index (χ0) is 12.5. The SMILES string of the molecule is CCC1(CC)CCN(c2ccc(F)cc2N)C1. The van der Waals surface area contributed by atoms with Gasteiger partial charge in [-0.15, -0.1) is 0 Å². The van der Waals surface area contributed by atoms with Gasteiger partial charge in [0.15, 0.2) is 0 Å². The molecule has 0 spiro atoms. The van der Waals surface area contributed by atoms with Crippen LogP contribution in [-0.2, 0) is 0 Å². The zero-order valence-electron chi connectivity index (χ0n) is 10.7. The highest BCUT2D eigenvalue weighted by Crippen LogP contribution is 2.40. The lowest BCUT2D eigenvalue weighted by atomic mass is 9.82. The Morgan fingerprint density at radius 3 is 2.59 bits per heavy atom. The van der Waals surface area contributed by atoms with E-state index in [2.05, 4.69) is 18.7 Å². The van der Waals surface area contributed by atoms with Crippen LogP contribution in [0.1, 0.15) is 33.1 Å². The number of rotatable bonds is 3. The van der Waals surface area contributed by atoms with Crippen molar-refractivity contribution in [2.24, 2.45) is 5.41 Å². The normalized spacial score (nSPS) is 18.6. The van der Waals surface area contributed by atoms with Crippen LogP contribution in [0.4, 0.5) is 15.8 Å². The maximum atomic E-state index is 13.0. The van der Waals surface area contributed by atoms with Crippen LogP contribution < -0.4 is 10.6 Å². The summed E-state index contributed by atoms with van der Waals surface area (Å²) in [6.45, 7) is 6.56. The standard InChI is InChI=1S/C14H21FN2/c1-3-14(4-2)7-8-17(10-14)13-6-5-11(15)9-12(13)16/h5-6,9H,3-4,7-8,10,16H2,1-2H3. The minimum Gasteiger partial charge on any atom is -0.397 e. The van der Waals surface area contributed by atoms with Crippen molar-refractivity contribution < 1.29 is 4.39 Å². The number of benzene rings is 1. The second-order valence-electron chi connectivity index (χ2n) is 5.08. The Bertz CT molecular complexity index is 399. The molecule has 1 fully saturated rings. The predicted octanol–water partition coefficient (Wildman–Crippen LogP) is 3.42. The first kappa shape index (κ1) is 12.2. The molecule has 1 aromatic carbocycles. The molecule has 0 radical (unpaired) electrons. The molecule has 2 rings (SSSR count). The van der Waals surface area contributed by atoms with Gasteiger partial charge in [-0.3, -0.25) is 0 Å². The maximum absolute atomic E-state index is 13.0. The second kappa shape index (κ2) is 4.55. The van der Waals surface area contributed by atoms with Gasteiger partial charge >= 0.3 is 0 Å². The van der Waals surface area contributed by atoms with Crippen molar-refractivity contribution in [2.45, 2.75) is 33.1 Å². The fourth-order valence-corrected chi connectivity index (χ4v) is 2.78. The number of nitrogen functional groups attached to an aromatic ring is 1. The molecule has 1 heterocycles. The molecule has 0 amide bonds. The minimum absolute atomic E-state index is 0.261. The summed E-state index contributed by atoms with van der Waals surface area (Å²) in [6, 6.07) is 4.70. The Morgan fingerprint density at radius 2 is 2.06 bits per heavy atom. The van der Waals surface area contributed by atoms with Crippen LogP contribution in [0.3, 0.4) is 0 Å². The Balaban J connectivity index is 2.20. The first-order valence-electron chi connectivity index (χ1n) is 6.40. The number of nitrogens with zero attached hydrogens (tertiary/aromatic N) is 1. The van der Waals surface area contributed by atoms with Crippen molar-refractivity contribution >= 4 is 11.4 Å². The molecule has 1 aliphatic heterocycles. The van der Waals surface area contributed by atoms with E-state index >= 15 is 0 Å². The quantitative estimate of drug-likeness (QED) is 0.815.